The number of ether oxygens (including phenoxy) is 2. The molecular formula is C12H14BrNO3. The van der Waals surface area contributed by atoms with Crippen LogP contribution in [0.2, 0.25) is 0 Å². The second kappa shape index (κ2) is 5.51. The Morgan fingerprint density at radius 1 is 1.29 bits per heavy atom. The van der Waals surface area contributed by atoms with Crippen molar-refractivity contribution in [1.82, 2.24) is 0 Å². The van der Waals surface area contributed by atoms with E-state index in [9.17, 15) is 4.79 Å². The molecule has 1 aliphatic rings. The van der Waals surface area contributed by atoms with Crippen molar-refractivity contribution in [3.05, 3.63) is 22.2 Å². The number of benzene rings is 1. The molecular weight excluding hydrogens is 286 g/mol. The summed E-state index contributed by atoms with van der Waals surface area (Å²) >= 11 is 3.40. The molecule has 0 bridgehead atoms. The average molecular weight is 300 g/mol. The lowest BCUT2D eigenvalue weighted by molar-refractivity contribution is 0.0981. The number of ketones is 1. The Labute approximate surface area is 108 Å². The predicted molar refractivity (Wildman–Crippen MR) is 67.8 cm³/mol. The maximum Gasteiger partial charge on any atom is 0.176 e. The molecule has 0 fully saturated rings. The van der Waals surface area contributed by atoms with Crippen LogP contribution in [-0.4, -0.2) is 25.5 Å². The molecule has 1 aromatic carbocycles. The lowest BCUT2D eigenvalue weighted by Gasteiger charge is -2.13. The van der Waals surface area contributed by atoms with Crippen molar-refractivity contribution in [2.45, 2.75) is 12.8 Å². The summed E-state index contributed by atoms with van der Waals surface area (Å²) in [6.07, 6.45) is 1.13. The van der Waals surface area contributed by atoms with E-state index < -0.39 is 0 Å². The zero-order valence-electron chi connectivity index (χ0n) is 9.37. The fourth-order valence-corrected chi connectivity index (χ4v) is 2.14. The molecule has 2 rings (SSSR count). The van der Waals surface area contributed by atoms with Crippen molar-refractivity contribution in [3.8, 4) is 11.5 Å². The smallest absolute Gasteiger partial charge is 0.176 e. The van der Waals surface area contributed by atoms with E-state index in [1.165, 1.54) is 0 Å². The fraction of sp³-hybridized carbons (Fsp3) is 0.417. The summed E-state index contributed by atoms with van der Waals surface area (Å²) in [5.74, 6) is 1.14. The van der Waals surface area contributed by atoms with Crippen LogP contribution in [0.4, 0.5) is 0 Å². The van der Waals surface area contributed by atoms with Crippen molar-refractivity contribution >= 4 is 21.7 Å². The van der Waals surface area contributed by atoms with Gasteiger partial charge in [-0.3, -0.25) is 4.79 Å². The fourth-order valence-electron chi connectivity index (χ4n) is 1.71. The van der Waals surface area contributed by atoms with Crippen LogP contribution in [-0.2, 0) is 0 Å². The number of fused-ring (bicyclic) bond motifs is 1. The summed E-state index contributed by atoms with van der Waals surface area (Å²) in [5, 5.41) is 0. The van der Waals surface area contributed by atoms with E-state index in [0.29, 0.717) is 43.2 Å². The normalized spacial score (nSPS) is 14.2. The molecule has 1 heterocycles. The Bertz CT molecular complexity index is 434. The van der Waals surface area contributed by atoms with Crippen molar-refractivity contribution in [3.63, 3.8) is 0 Å². The molecule has 1 aliphatic heterocycles. The first kappa shape index (κ1) is 12.4. The maximum absolute atomic E-state index is 11.9. The van der Waals surface area contributed by atoms with Gasteiger partial charge in [-0.15, -0.1) is 0 Å². The number of Topliss-reactive ketones (excluding diaryl/α,β-unsaturated/α-hetero) is 1. The van der Waals surface area contributed by atoms with E-state index in [0.717, 1.165) is 10.9 Å². The molecule has 0 aromatic heterocycles. The van der Waals surface area contributed by atoms with Gasteiger partial charge in [0.15, 0.2) is 17.3 Å². The number of nitrogens with two attached hydrogens (primary N) is 1. The lowest BCUT2D eigenvalue weighted by Crippen LogP contribution is -2.10. The summed E-state index contributed by atoms with van der Waals surface area (Å²) in [7, 11) is 0. The molecule has 17 heavy (non-hydrogen) atoms. The second-order valence-electron chi connectivity index (χ2n) is 3.77. The first-order valence-electron chi connectivity index (χ1n) is 5.55. The van der Waals surface area contributed by atoms with Gasteiger partial charge in [-0.05, 0) is 34.6 Å². The third-order valence-electron chi connectivity index (χ3n) is 2.52. The zero-order chi connectivity index (χ0) is 12.3. The van der Waals surface area contributed by atoms with Crippen LogP contribution in [0.15, 0.2) is 16.6 Å². The van der Waals surface area contributed by atoms with Gasteiger partial charge in [0, 0.05) is 12.8 Å². The van der Waals surface area contributed by atoms with E-state index in [-0.39, 0.29) is 5.78 Å². The Balaban J connectivity index is 2.43. The number of hydrogen-bond donors (Lipinski definition) is 1. The standard InChI is InChI=1S/C12H14BrNO3/c13-9-3-2-8(10(15)4-5-14)11-12(9)17-7-1-6-16-11/h2-3H,1,4-7,14H2. The molecule has 2 N–H and O–H groups in total. The van der Waals surface area contributed by atoms with E-state index in [2.05, 4.69) is 15.9 Å². The van der Waals surface area contributed by atoms with Gasteiger partial charge in [0.25, 0.3) is 0 Å². The van der Waals surface area contributed by atoms with E-state index in [1.807, 2.05) is 0 Å². The topological polar surface area (TPSA) is 61.6 Å². The third-order valence-corrected chi connectivity index (χ3v) is 3.14. The van der Waals surface area contributed by atoms with Gasteiger partial charge in [0.1, 0.15) is 0 Å². The summed E-state index contributed by atoms with van der Waals surface area (Å²) < 4.78 is 12.0. The number of carbonyl (C=O) groups is 1. The van der Waals surface area contributed by atoms with Crippen LogP contribution in [0, 0.1) is 0 Å². The van der Waals surface area contributed by atoms with E-state index >= 15 is 0 Å². The number of halogens is 1. The molecule has 0 radical (unpaired) electrons. The first-order valence-corrected chi connectivity index (χ1v) is 6.34. The highest BCUT2D eigenvalue weighted by Crippen LogP contribution is 2.40. The van der Waals surface area contributed by atoms with Crippen LogP contribution in [0.5, 0.6) is 11.5 Å². The number of hydrogen-bond acceptors (Lipinski definition) is 4. The van der Waals surface area contributed by atoms with Crippen LogP contribution in [0.3, 0.4) is 0 Å². The Morgan fingerprint density at radius 2 is 2.00 bits per heavy atom. The summed E-state index contributed by atoms with van der Waals surface area (Å²) in [6.45, 7) is 1.50. The zero-order valence-corrected chi connectivity index (χ0v) is 11.0. The van der Waals surface area contributed by atoms with E-state index in [1.54, 1.807) is 12.1 Å². The monoisotopic (exact) mass is 299 g/mol. The highest BCUT2D eigenvalue weighted by Gasteiger charge is 2.21. The minimum absolute atomic E-state index is 0.0123. The second-order valence-corrected chi connectivity index (χ2v) is 4.62. The Morgan fingerprint density at radius 3 is 2.71 bits per heavy atom. The quantitative estimate of drug-likeness (QED) is 0.869. The summed E-state index contributed by atoms with van der Waals surface area (Å²) in [4.78, 5) is 11.9. The molecule has 0 amide bonds. The van der Waals surface area contributed by atoms with E-state index in [4.69, 9.17) is 15.2 Å². The molecule has 1 aromatic rings. The van der Waals surface area contributed by atoms with Crippen molar-refractivity contribution in [1.29, 1.82) is 0 Å². The molecule has 0 saturated carbocycles. The minimum Gasteiger partial charge on any atom is -0.489 e. The number of carbonyl (C=O) groups excluding carboxylic acids is 1. The molecule has 0 aliphatic carbocycles. The van der Waals surface area contributed by atoms with Crippen LogP contribution < -0.4 is 15.2 Å². The Kier molecular flexibility index (Phi) is 4.02. The van der Waals surface area contributed by atoms with Gasteiger partial charge >= 0.3 is 0 Å². The molecule has 0 atom stereocenters. The van der Waals surface area contributed by atoms with Gasteiger partial charge < -0.3 is 15.2 Å². The molecule has 4 nitrogen and oxygen atoms in total. The van der Waals surface area contributed by atoms with Gasteiger partial charge in [-0.1, -0.05) is 0 Å². The Hall–Kier alpha value is -1.07. The van der Waals surface area contributed by atoms with Gasteiger partial charge in [0.2, 0.25) is 0 Å². The van der Waals surface area contributed by atoms with Crippen molar-refractivity contribution in [2.24, 2.45) is 5.73 Å². The number of rotatable bonds is 3. The highest BCUT2D eigenvalue weighted by molar-refractivity contribution is 9.10. The largest absolute Gasteiger partial charge is 0.489 e. The van der Waals surface area contributed by atoms with Crippen LogP contribution >= 0.6 is 15.9 Å². The van der Waals surface area contributed by atoms with Gasteiger partial charge in [-0.25, -0.2) is 0 Å². The minimum atomic E-state index is -0.0123. The molecule has 92 valence electrons. The van der Waals surface area contributed by atoms with Crippen molar-refractivity contribution in [2.75, 3.05) is 19.8 Å². The molecule has 5 heteroatoms. The van der Waals surface area contributed by atoms with Crippen LogP contribution in [0.1, 0.15) is 23.2 Å². The lowest BCUT2D eigenvalue weighted by atomic mass is 10.1. The highest BCUT2D eigenvalue weighted by atomic mass is 79.9. The SMILES string of the molecule is NCCC(=O)c1ccc(Br)c2c1OCCCO2. The third kappa shape index (κ3) is 2.61. The average Bonchev–Trinajstić information content (AvgIpc) is 2.56. The van der Waals surface area contributed by atoms with Gasteiger partial charge in [-0.2, -0.15) is 0 Å². The summed E-state index contributed by atoms with van der Waals surface area (Å²) in [5.41, 5.74) is 5.95. The molecule has 0 saturated heterocycles. The molecule has 0 unspecified atom stereocenters. The van der Waals surface area contributed by atoms with Crippen LogP contribution in [0.25, 0.3) is 0 Å². The maximum atomic E-state index is 11.9. The first-order chi connectivity index (χ1) is 8.24. The van der Waals surface area contributed by atoms with Crippen molar-refractivity contribution < 1.29 is 14.3 Å². The molecule has 0 spiro atoms. The van der Waals surface area contributed by atoms with Gasteiger partial charge in [0.05, 0.1) is 23.2 Å². The summed E-state index contributed by atoms with van der Waals surface area (Å²) in [6, 6.07) is 3.55. The predicted octanol–water partition coefficient (Wildman–Crippen LogP) is 2.14.